The average Bonchev–Trinajstić information content (AvgIpc) is 2.86. The largest absolute Gasteiger partial charge is 0.326 e. The van der Waals surface area contributed by atoms with Gasteiger partial charge >= 0.3 is 0 Å². The van der Waals surface area contributed by atoms with Gasteiger partial charge in [0.25, 0.3) is 0 Å². The van der Waals surface area contributed by atoms with Gasteiger partial charge in [-0.05, 0) is 49.9 Å². The molecular formula is C17H25FN2O3S. The molecule has 5 nitrogen and oxygen atoms in total. The highest BCUT2D eigenvalue weighted by atomic mass is 32.2. The first-order chi connectivity index (χ1) is 11.0. The van der Waals surface area contributed by atoms with Crippen molar-refractivity contribution in [1.29, 1.82) is 0 Å². The van der Waals surface area contributed by atoms with Crippen molar-refractivity contribution in [2.24, 2.45) is 11.3 Å². The van der Waals surface area contributed by atoms with Gasteiger partial charge in [0.05, 0.1) is 11.2 Å². The van der Waals surface area contributed by atoms with E-state index in [9.17, 15) is 17.6 Å². The zero-order valence-corrected chi connectivity index (χ0v) is 15.4. The van der Waals surface area contributed by atoms with Crippen LogP contribution in [0.1, 0.15) is 32.8 Å². The van der Waals surface area contributed by atoms with Crippen LogP contribution in [0.15, 0.2) is 18.2 Å². The third-order valence-electron chi connectivity index (χ3n) is 4.34. The minimum absolute atomic E-state index is 0.0397. The van der Waals surface area contributed by atoms with Crippen LogP contribution >= 0.6 is 0 Å². The molecule has 0 saturated carbocycles. The zero-order chi connectivity index (χ0) is 18.1. The summed E-state index contributed by atoms with van der Waals surface area (Å²) < 4.78 is 39.4. The molecule has 1 saturated heterocycles. The van der Waals surface area contributed by atoms with Crippen LogP contribution in [0.25, 0.3) is 0 Å². The van der Waals surface area contributed by atoms with Gasteiger partial charge in [-0.15, -0.1) is 0 Å². The Morgan fingerprint density at radius 1 is 1.42 bits per heavy atom. The highest BCUT2D eigenvalue weighted by Crippen LogP contribution is 2.33. The van der Waals surface area contributed by atoms with Gasteiger partial charge in [0.15, 0.2) is 0 Å². The molecule has 0 aromatic heterocycles. The van der Waals surface area contributed by atoms with Crippen molar-refractivity contribution in [2.45, 2.75) is 34.1 Å². The monoisotopic (exact) mass is 356 g/mol. The predicted molar refractivity (Wildman–Crippen MR) is 92.7 cm³/mol. The first-order valence-electron chi connectivity index (χ1n) is 8.09. The van der Waals surface area contributed by atoms with E-state index in [4.69, 9.17) is 0 Å². The molecular weight excluding hydrogens is 331 g/mol. The molecule has 0 bridgehead atoms. The van der Waals surface area contributed by atoms with E-state index in [1.54, 1.807) is 19.9 Å². The molecule has 24 heavy (non-hydrogen) atoms. The van der Waals surface area contributed by atoms with E-state index in [1.807, 2.05) is 13.8 Å². The fourth-order valence-electron chi connectivity index (χ4n) is 2.87. The molecule has 0 spiro atoms. The van der Waals surface area contributed by atoms with Crippen molar-refractivity contribution in [3.8, 4) is 0 Å². The van der Waals surface area contributed by atoms with Gasteiger partial charge in [-0.1, -0.05) is 13.8 Å². The molecule has 1 fully saturated rings. The molecule has 1 unspecified atom stereocenters. The minimum atomic E-state index is -3.35. The molecule has 2 rings (SSSR count). The van der Waals surface area contributed by atoms with Gasteiger partial charge in [0.1, 0.15) is 5.82 Å². The first-order valence-corrected chi connectivity index (χ1v) is 9.70. The van der Waals surface area contributed by atoms with Crippen LogP contribution in [0.2, 0.25) is 0 Å². The summed E-state index contributed by atoms with van der Waals surface area (Å²) in [6.07, 6.45) is 0.469. The number of rotatable bonds is 5. The topological polar surface area (TPSA) is 66.5 Å². The summed E-state index contributed by atoms with van der Waals surface area (Å²) in [7, 11) is -3.35. The molecule has 1 aliphatic heterocycles. The Kier molecular flexibility index (Phi) is 5.34. The fourth-order valence-corrected chi connectivity index (χ4v) is 4.78. The standard InChI is InChI=1S/C17H25FN2O3S/c1-12(2)10-24(22,23)20-8-7-17(4,11-20)16(21)19-14-5-6-15(18)13(3)9-14/h5-6,9,12H,7-8,10-11H2,1-4H3,(H,19,21). The third-order valence-corrected chi connectivity index (χ3v) is 6.53. The highest BCUT2D eigenvalue weighted by molar-refractivity contribution is 7.89. The summed E-state index contributed by atoms with van der Waals surface area (Å²) in [5.41, 5.74) is 0.181. The second-order valence-electron chi connectivity index (χ2n) is 7.23. The van der Waals surface area contributed by atoms with Crippen LogP contribution in [-0.4, -0.2) is 37.5 Å². The highest BCUT2D eigenvalue weighted by Gasteiger charge is 2.44. The molecule has 1 N–H and O–H groups in total. The maximum atomic E-state index is 13.3. The van der Waals surface area contributed by atoms with Crippen molar-refractivity contribution >= 4 is 21.6 Å². The quantitative estimate of drug-likeness (QED) is 0.882. The molecule has 0 radical (unpaired) electrons. The number of carbonyl (C=O) groups excluding carboxylic acids is 1. The Hall–Kier alpha value is -1.47. The van der Waals surface area contributed by atoms with Gasteiger partial charge in [0.2, 0.25) is 15.9 Å². The summed E-state index contributed by atoms with van der Waals surface area (Å²) in [5, 5.41) is 2.78. The molecule has 1 heterocycles. The van der Waals surface area contributed by atoms with Crippen LogP contribution in [0.4, 0.5) is 10.1 Å². The van der Waals surface area contributed by atoms with Crippen molar-refractivity contribution in [1.82, 2.24) is 4.31 Å². The maximum absolute atomic E-state index is 13.3. The molecule has 134 valence electrons. The number of halogens is 1. The normalized spacial score (nSPS) is 22.1. The molecule has 0 aliphatic carbocycles. The molecule has 1 amide bonds. The Morgan fingerprint density at radius 3 is 2.67 bits per heavy atom. The summed E-state index contributed by atoms with van der Waals surface area (Å²) in [6.45, 7) is 7.63. The van der Waals surface area contributed by atoms with Crippen molar-refractivity contribution in [3.05, 3.63) is 29.6 Å². The number of anilines is 1. The third kappa shape index (κ3) is 4.13. The number of carbonyl (C=O) groups is 1. The minimum Gasteiger partial charge on any atom is -0.326 e. The Balaban J connectivity index is 2.08. The predicted octanol–water partition coefficient (Wildman–Crippen LogP) is 2.77. The number of benzene rings is 1. The van der Waals surface area contributed by atoms with Crippen LogP contribution in [0, 0.1) is 24.1 Å². The van der Waals surface area contributed by atoms with Crippen LogP contribution < -0.4 is 5.32 Å². The summed E-state index contributed by atoms with van der Waals surface area (Å²) >= 11 is 0. The lowest BCUT2D eigenvalue weighted by Crippen LogP contribution is -2.39. The number of sulfonamides is 1. The van der Waals surface area contributed by atoms with E-state index < -0.39 is 15.4 Å². The maximum Gasteiger partial charge on any atom is 0.231 e. The molecule has 1 aromatic carbocycles. The summed E-state index contributed by atoms with van der Waals surface area (Å²) in [6, 6.07) is 4.38. The van der Waals surface area contributed by atoms with Crippen molar-refractivity contribution < 1.29 is 17.6 Å². The Morgan fingerprint density at radius 2 is 2.08 bits per heavy atom. The lowest BCUT2D eigenvalue weighted by Gasteiger charge is -2.24. The van der Waals surface area contributed by atoms with Crippen LogP contribution in [0.3, 0.4) is 0 Å². The first kappa shape index (κ1) is 18.9. The van der Waals surface area contributed by atoms with Gasteiger partial charge in [-0.2, -0.15) is 0 Å². The molecule has 1 aliphatic rings. The number of aryl methyl sites for hydroxylation is 1. The van der Waals surface area contributed by atoms with Crippen LogP contribution in [0.5, 0.6) is 0 Å². The van der Waals surface area contributed by atoms with Crippen LogP contribution in [-0.2, 0) is 14.8 Å². The lowest BCUT2D eigenvalue weighted by atomic mass is 9.88. The number of hydrogen-bond acceptors (Lipinski definition) is 3. The number of hydrogen-bond donors (Lipinski definition) is 1. The smallest absolute Gasteiger partial charge is 0.231 e. The lowest BCUT2D eigenvalue weighted by molar-refractivity contribution is -0.124. The summed E-state index contributed by atoms with van der Waals surface area (Å²) in [4.78, 5) is 12.6. The van der Waals surface area contributed by atoms with E-state index in [1.165, 1.54) is 16.4 Å². The van der Waals surface area contributed by atoms with E-state index in [2.05, 4.69) is 5.32 Å². The van der Waals surface area contributed by atoms with E-state index in [0.29, 0.717) is 24.2 Å². The average molecular weight is 356 g/mol. The molecule has 1 atom stereocenters. The van der Waals surface area contributed by atoms with Gasteiger partial charge in [0, 0.05) is 18.8 Å². The van der Waals surface area contributed by atoms with Crippen molar-refractivity contribution in [2.75, 3.05) is 24.2 Å². The van der Waals surface area contributed by atoms with E-state index in [0.717, 1.165) is 0 Å². The number of amides is 1. The van der Waals surface area contributed by atoms with Gasteiger partial charge in [-0.3, -0.25) is 4.79 Å². The van der Waals surface area contributed by atoms with Gasteiger partial charge in [-0.25, -0.2) is 17.1 Å². The Labute approximate surface area is 143 Å². The summed E-state index contributed by atoms with van der Waals surface area (Å²) in [5.74, 6) is -0.443. The van der Waals surface area contributed by atoms with E-state index >= 15 is 0 Å². The van der Waals surface area contributed by atoms with E-state index in [-0.39, 0.29) is 29.9 Å². The SMILES string of the molecule is Cc1cc(NC(=O)C2(C)CCN(S(=O)(=O)CC(C)C)C2)ccc1F. The number of nitrogens with one attached hydrogen (secondary N) is 1. The Bertz CT molecular complexity index is 733. The molecule has 1 aromatic rings. The number of nitrogens with zero attached hydrogens (tertiary/aromatic N) is 1. The van der Waals surface area contributed by atoms with Gasteiger partial charge < -0.3 is 5.32 Å². The molecule has 7 heteroatoms. The second-order valence-corrected chi connectivity index (χ2v) is 9.25. The fraction of sp³-hybridized carbons (Fsp3) is 0.588. The second kappa shape index (κ2) is 6.80. The van der Waals surface area contributed by atoms with Crippen molar-refractivity contribution in [3.63, 3.8) is 0 Å². The zero-order valence-electron chi connectivity index (χ0n) is 14.6.